The lowest BCUT2D eigenvalue weighted by atomic mass is 9.93. The second kappa shape index (κ2) is 11.3. The Morgan fingerprint density at radius 2 is 1.91 bits per heavy atom. The minimum absolute atomic E-state index is 0.00273. The first-order valence-electron chi connectivity index (χ1n) is 12.0. The van der Waals surface area contributed by atoms with Gasteiger partial charge in [0, 0.05) is 40.5 Å². The molecular formula is C26H37FN4OS. The molecule has 0 radical (unpaired) electrons. The maximum Gasteiger partial charge on any atom is 0.214 e. The molecule has 1 aliphatic carbocycles. The van der Waals surface area contributed by atoms with Gasteiger partial charge in [0.15, 0.2) is 5.82 Å². The summed E-state index contributed by atoms with van der Waals surface area (Å²) in [7, 11) is 0. The number of ether oxygens (including phenoxy) is 1. The largest absolute Gasteiger partial charge is 0.475 e. The molecule has 0 unspecified atom stereocenters. The van der Waals surface area contributed by atoms with Crippen molar-refractivity contribution in [2.45, 2.75) is 90.8 Å². The van der Waals surface area contributed by atoms with E-state index in [0.717, 1.165) is 25.0 Å². The second-order valence-corrected chi connectivity index (χ2v) is 10.9. The Labute approximate surface area is 202 Å². The van der Waals surface area contributed by atoms with Crippen molar-refractivity contribution in [1.29, 1.82) is 0 Å². The molecule has 33 heavy (non-hydrogen) atoms. The van der Waals surface area contributed by atoms with Crippen LogP contribution in [0.3, 0.4) is 0 Å². The molecule has 0 atom stereocenters. The van der Waals surface area contributed by atoms with Crippen LogP contribution in [0, 0.1) is 18.3 Å². The summed E-state index contributed by atoms with van der Waals surface area (Å²) in [5, 5.41) is 7.81. The SMILES string of the molecule is C#CNC1(C)CCSCC1.CC(C)Oc1cc(-c2nn(C(C)C)c3c2CCCC3)c(F)cn1. The highest BCUT2D eigenvalue weighted by Gasteiger charge is 2.26. The van der Waals surface area contributed by atoms with Crippen molar-refractivity contribution in [1.82, 2.24) is 20.1 Å². The normalized spacial score (nSPS) is 17.1. The van der Waals surface area contributed by atoms with E-state index < -0.39 is 0 Å². The number of fused-ring (bicyclic) bond motifs is 1. The average Bonchev–Trinajstić information content (AvgIpc) is 3.16. The number of pyridine rings is 1. The van der Waals surface area contributed by atoms with Gasteiger partial charge < -0.3 is 10.1 Å². The van der Waals surface area contributed by atoms with Crippen LogP contribution in [0.2, 0.25) is 0 Å². The fraction of sp³-hybridized carbons (Fsp3) is 0.615. The van der Waals surface area contributed by atoms with Crippen molar-refractivity contribution in [3.8, 4) is 29.6 Å². The molecule has 0 spiro atoms. The number of thioether (sulfide) groups is 1. The van der Waals surface area contributed by atoms with Crippen LogP contribution < -0.4 is 10.1 Å². The first kappa shape index (κ1) is 25.4. The first-order chi connectivity index (χ1) is 15.7. The number of hydrogen-bond donors (Lipinski definition) is 1. The molecule has 4 rings (SSSR count). The van der Waals surface area contributed by atoms with E-state index >= 15 is 0 Å². The summed E-state index contributed by atoms with van der Waals surface area (Å²) >= 11 is 2.01. The van der Waals surface area contributed by atoms with Gasteiger partial charge in [0.25, 0.3) is 0 Å². The van der Waals surface area contributed by atoms with Gasteiger partial charge in [0.05, 0.1) is 18.0 Å². The Kier molecular flexibility index (Phi) is 8.69. The van der Waals surface area contributed by atoms with E-state index in [1.807, 2.05) is 30.3 Å². The van der Waals surface area contributed by atoms with Crippen LogP contribution in [0.5, 0.6) is 5.88 Å². The lowest BCUT2D eigenvalue weighted by Crippen LogP contribution is -2.42. The van der Waals surface area contributed by atoms with E-state index in [1.54, 1.807) is 6.07 Å². The van der Waals surface area contributed by atoms with Crippen LogP contribution in [0.4, 0.5) is 4.39 Å². The van der Waals surface area contributed by atoms with Crippen LogP contribution in [0.1, 0.15) is 77.6 Å². The van der Waals surface area contributed by atoms with Gasteiger partial charge in [-0.05, 0) is 84.6 Å². The Morgan fingerprint density at radius 3 is 2.55 bits per heavy atom. The highest BCUT2D eigenvalue weighted by molar-refractivity contribution is 7.99. The van der Waals surface area contributed by atoms with E-state index in [4.69, 9.17) is 16.3 Å². The van der Waals surface area contributed by atoms with Gasteiger partial charge in [-0.1, -0.05) is 6.42 Å². The summed E-state index contributed by atoms with van der Waals surface area (Å²) in [5.41, 5.74) is 3.91. The summed E-state index contributed by atoms with van der Waals surface area (Å²) in [5.74, 6) is 2.58. The van der Waals surface area contributed by atoms with Crippen LogP contribution in [-0.4, -0.2) is 37.9 Å². The minimum Gasteiger partial charge on any atom is -0.475 e. The van der Waals surface area contributed by atoms with Crippen molar-refractivity contribution in [3.63, 3.8) is 0 Å². The van der Waals surface area contributed by atoms with Crippen LogP contribution in [-0.2, 0) is 12.8 Å². The van der Waals surface area contributed by atoms with Gasteiger partial charge >= 0.3 is 0 Å². The minimum atomic E-state index is -0.345. The molecule has 2 aromatic rings. The van der Waals surface area contributed by atoms with Gasteiger partial charge in [-0.25, -0.2) is 9.37 Å². The van der Waals surface area contributed by atoms with E-state index in [9.17, 15) is 4.39 Å². The topological polar surface area (TPSA) is 52.0 Å². The molecule has 0 aromatic carbocycles. The zero-order valence-corrected chi connectivity index (χ0v) is 21.4. The lowest BCUT2D eigenvalue weighted by molar-refractivity contribution is 0.232. The van der Waals surface area contributed by atoms with Crippen LogP contribution >= 0.6 is 11.8 Å². The average molecular weight is 473 g/mol. The number of nitrogens with zero attached hydrogens (tertiary/aromatic N) is 3. The smallest absolute Gasteiger partial charge is 0.214 e. The van der Waals surface area contributed by atoms with Crippen molar-refractivity contribution < 1.29 is 9.13 Å². The number of rotatable bonds is 5. The Morgan fingerprint density at radius 1 is 1.21 bits per heavy atom. The monoisotopic (exact) mass is 472 g/mol. The summed E-state index contributed by atoms with van der Waals surface area (Å²) in [6.45, 7) is 10.3. The van der Waals surface area contributed by atoms with Crippen molar-refractivity contribution in [2.75, 3.05) is 11.5 Å². The third kappa shape index (κ3) is 6.44. The fourth-order valence-electron chi connectivity index (χ4n) is 4.30. The quantitative estimate of drug-likeness (QED) is 0.441. The number of aromatic nitrogens is 3. The standard InChI is InChI=1S/C18H24FN3O.C8H13NS/c1-11(2)22-16-8-6-5-7-13(16)18(21-22)14-9-17(23-12(3)4)20-10-15(14)19;1-3-9-8(2)4-6-10-7-5-8/h9-12H,5-8H2,1-4H3;1,9H,4-7H2,2H3. The molecule has 1 fully saturated rings. The Bertz CT molecular complexity index is 973. The number of hydrogen-bond acceptors (Lipinski definition) is 5. The van der Waals surface area contributed by atoms with E-state index in [0.29, 0.717) is 11.4 Å². The number of terminal acetylenes is 1. The van der Waals surface area contributed by atoms with Crippen LogP contribution in [0.25, 0.3) is 11.3 Å². The summed E-state index contributed by atoms with van der Waals surface area (Å²) < 4.78 is 22.1. The maximum atomic E-state index is 14.4. The predicted molar refractivity (Wildman–Crippen MR) is 135 cm³/mol. The highest BCUT2D eigenvalue weighted by atomic mass is 32.2. The number of halogens is 1. The maximum absolute atomic E-state index is 14.4. The fourth-order valence-corrected chi connectivity index (χ4v) is 5.69. The molecule has 2 aromatic heterocycles. The lowest BCUT2D eigenvalue weighted by Gasteiger charge is -2.32. The van der Waals surface area contributed by atoms with Crippen LogP contribution in [0.15, 0.2) is 12.3 Å². The van der Waals surface area contributed by atoms with E-state index in [1.165, 1.54) is 48.2 Å². The number of nitrogens with one attached hydrogen (secondary N) is 1. The zero-order valence-electron chi connectivity index (χ0n) is 20.6. The Balaban J connectivity index is 0.000000257. The molecule has 0 amide bonds. The molecule has 1 aliphatic heterocycles. The molecular weight excluding hydrogens is 435 g/mol. The first-order valence-corrected chi connectivity index (χ1v) is 13.1. The zero-order chi connectivity index (χ0) is 24.0. The summed E-state index contributed by atoms with van der Waals surface area (Å²) in [6, 6.07) is 4.47. The van der Waals surface area contributed by atoms with Gasteiger partial charge in [0.1, 0.15) is 0 Å². The Hall–Kier alpha value is -2.20. The van der Waals surface area contributed by atoms with Gasteiger partial charge in [-0.2, -0.15) is 16.9 Å². The molecule has 1 N–H and O–H groups in total. The molecule has 7 heteroatoms. The molecule has 5 nitrogen and oxygen atoms in total. The van der Waals surface area contributed by atoms with E-state index in [-0.39, 0.29) is 23.5 Å². The molecule has 0 saturated carbocycles. The van der Waals surface area contributed by atoms with Crippen molar-refractivity contribution >= 4 is 11.8 Å². The third-order valence-electron chi connectivity index (χ3n) is 6.11. The van der Waals surface area contributed by atoms with Gasteiger partial charge in [0.2, 0.25) is 5.88 Å². The predicted octanol–water partition coefficient (Wildman–Crippen LogP) is 5.78. The molecule has 0 bridgehead atoms. The third-order valence-corrected chi connectivity index (χ3v) is 7.10. The molecule has 180 valence electrons. The van der Waals surface area contributed by atoms with Crippen molar-refractivity contribution in [2.24, 2.45) is 0 Å². The van der Waals surface area contributed by atoms with Gasteiger partial charge in [-0.3, -0.25) is 4.68 Å². The summed E-state index contributed by atoms with van der Waals surface area (Å²) in [6.07, 6.45) is 13.1. The molecule has 1 saturated heterocycles. The molecule has 3 heterocycles. The summed E-state index contributed by atoms with van der Waals surface area (Å²) in [4.78, 5) is 4.03. The van der Waals surface area contributed by atoms with E-state index in [2.05, 4.69) is 37.1 Å². The van der Waals surface area contributed by atoms with Crippen molar-refractivity contribution in [3.05, 3.63) is 29.3 Å². The molecule has 2 aliphatic rings. The van der Waals surface area contributed by atoms with Gasteiger partial charge in [-0.15, -0.1) is 0 Å². The second-order valence-electron chi connectivity index (χ2n) is 9.63. The highest BCUT2D eigenvalue weighted by Crippen LogP contribution is 2.35.